The quantitative estimate of drug-likeness (QED) is 0.786. The van der Waals surface area contributed by atoms with E-state index in [0.29, 0.717) is 4.31 Å². The van der Waals surface area contributed by atoms with Crippen molar-refractivity contribution in [2.24, 2.45) is 5.41 Å². The molecule has 1 fully saturated rings. The van der Waals surface area contributed by atoms with Gasteiger partial charge in [0.25, 0.3) is 0 Å². The van der Waals surface area contributed by atoms with E-state index in [4.69, 9.17) is 9.84 Å². The molecule has 6 nitrogen and oxygen atoms in total. The van der Waals surface area contributed by atoms with Crippen LogP contribution in [0.15, 0.2) is 0 Å². The Balaban J connectivity index is 2.83. The fourth-order valence-electron chi connectivity index (χ4n) is 2.06. The van der Waals surface area contributed by atoms with Crippen molar-refractivity contribution in [1.29, 1.82) is 0 Å². The Morgan fingerprint density at radius 3 is 2.38 bits per heavy atom. The molecule has 0 bridgehead atoms. The Bertz CT molecular complexity index is 491. The van der Waals surface area contributed by atoms with E-state index in [1.807, 2.05) is 0 Å². The smallest absolute Gasteiger partial charge is 0.406 e. The second-order valence-electron chi connectivity index (χ2n) is 5.20. The molecule has 0 saturated carbocycles. The van der Waals surface area contributed by atoms with Crippen molar-refractivity contribution < 1.29 is 36.2 Å². The lowest BCUT2D eigenvalue weighted by atomic mass is 9.86. The lowest BCUT2D eigenvalue weighted by Crippen LogP contribution is -2.48. The number of sulfonamides is 1. The van der Waals surface area contributed by atoms with E-state index >= 15 is 0 Å². The fourth-order valence-corrected chi connectivity index (χ4v) is 3.41. The Hall–Kier alpha value is -0.870. The van der Waals surface area contributed by atoms with Gasteiger partial charge >= 0.3 is 12.1 Å². The molecule has 1 aliphatic rings. The van der Waals surface area contributed by atoms with Crippen molar-refractivity contribution in [2.75, 3.05) is 25.4 Å². The first-order chi connectivity index (χ1) is 9.42. The van der Waals surface area contributed by atoms with Crippen LogP contribution in [0.1, 0.15) is 20.3 Å². The monoisotopic (exact) mass is 333 g/mol. The fraction of sp³-hybridized carbons (Fsp3) is 0.909. The van der Waals surface area contributed by atoms with Gasteiger partial charge in [-0.05, 0) is 20.3 Å². The number of carboxylic acid groups (broad SMARTS) is 1. The van der Waals surface area contributed by atoms with Gasteiger partial charge in [0, 0.05) is 13.1 Å². The summed E-state index contributed by atoms with van der Waals surface area (Å²) in [5.41, 5.74) is -3.03. The summed E-state index contributed by atoms with van der Waals surface area (Å²) < 4.78 is 68.4. The van der Waals surface area contributed by atoms with Crippen LogP contribution in [-0.4, -0.2) is 61.5 Å². The molecule has 1 N–H and O–H groups in total. The highest BCUT2D eigenvalue weighted by Crippen LogP contribution is 2.46. The van der Waals surface area contributed by atoms with Crippen molar-refractivity contribution in [3.05, 3.63) is 0 Å². The zero-order valence-electron chi connectivity index (χ0n) is 11.7. The Labute approximate surface area is 120 Å². The van der Waals surface area contributed by atoms with Crippen molar-refractivity contribution in [3.63, 3.8) is 0 Å². The molecular weight excluding hydrogens is 315 g/mol. The number of carboxylic acids is 1. The van der Waals surface area contributed by atoms with Crippen LogP contribution >= 0.6 is 0 Å². The number of hydrogen-bond acceptors (Lipinski definition) is 4. The summed E-state index contributed by atoms with van der Waals surface area (Å²) in [6.45, 7) is 1.69. The van der Waals surface area contributed by atoms with Gasteiger partial charge in [-0.1, -0.05) is 0 Å². The first-order valence-corrected chi connectivity index (χ1v) is 7.93. The highest BCUT2D eigenvalue weighted by molar-refractivity contribution is 7.89. The van der Waals surface area contributed by atoms with E-state index in [0.717, 1.165) is 0 Å². The van der Waals surface area contributed by atoms with Gasteiger partial charge in [0.1, 0.15) is 0 Å². The van der Waals surface area contributed by atoms with Crippen molar-refractivity contribution in [1.82, 2.24) is 4.31 Å². The van der Waals surface area contributed by atoms with Crippen molar-refractivity contribution in [2.45, 2.75) is 32.5 Å². The van der Waals surface area contributed by atoms with Gasteiger partial charge in [0.05, 0.1) is 18.5 Å². The number of carbonyl (C=O) groups is 1. The summed E-state index contributed by atoms with van der Waals surface area (Å²) in [7, 11) is -3.98. The maximum Gasteiger partial charge on any atom is 0.406 e. The van der Waals surface area contributed by atoms with Gasteiger partial charge in [0.2, 0.25) is 10.0 Å². The lowest BCUT2D eigenvalue weighted by molar-refractivity contribution is -0.226. The minimum absolute atomic E-state index is 0.150. The molecule has 0 radical (unpaired) electrons. The summed E-state index contributed by atoms with van der Waals surface area (Å²) in [4.78, 5) is 11.0. The molecule has 0 amide bonds. The minimum atomic E-state index is -5.00. The molecule has 1 heterocycles. The molecule has 0 aromatic carbocycles. The van der Waals surface area contributed by atoms with E-state index in [-0.39, 0.29) is 12.7 Å². The van der Waals surface area contributed by atoms with Crippen molar-refractivity contribution >= 4 is 16.0 Å². The predicted molar refractivity (Wildman–Crippen MR) is 67.2 cm³/mol. The molecule has 21 heavy (non-hydrogen) atoms. The second kappa shape index (κ2) is 6.09. The zero-order valence-corrected chi connectivity index (χ0v) is 12.5. The normalized spacial score (nSPS) is 24.7. The molecule has 1 rings (SSSR count). The molecule has 1 unspecified atom stereocenters. The maximum absolute atomic E-state index is 13.0. The van der Waals surface area contributed by atoms with Gasteiger partial charge in [0.15, 0.2) is 5.41 Å². The molecule has 0 spiro atoms. The highest BCUT2D eigenvalue weighted by Gasteiger charge is 2.64. The Morgan fingerprint density at radius 1 is 1.43 bits per heavy atom. The Morgan fingerprint density at radius 2 is 2.00 bits per heavy atom. The summed E-state index contributed by atoms with van der Waals surface area (Å²) >= 11 is 0. The topological polar surface area (TPSA) is 83.9 Å². The number of halogens is 3. The average molecular weight is 333 g/mol. The Kier molecular flexibility index (Phi) is 5.27. The van der Waals surface area contributed by atoms with Crippen LogP contribution in [0.25, 0.3) is 0 Å². The predicted octanol–water partition coefficient (Wildman–Crippen LogP) is 1.08. The van der Waals surface area contributed by atoms with Gasteiger partial charge in [-0.2, -0.15) is 13.2 Å². The lowest BCUT2D eigenvalue weighted by Gasteiger charge is -2.27. The standard InChI is InChI=1S/C11H18F3NO5S/c1-8(2)20-5-6-21(18,19)15-4-3-10(7-15,9(16)17)11(12,13)14/h8H,3-7H2,1-2H3,(H,16,17). The zero-order chi connectivity index (χ0) is 16.5. The molecule has 1 aliphatic heterocycles. The van der Waals surface area contributed by atoms with Crippen LogP contribution < -0.4 is 0 Å². The summed E-state index contributed by atoms with van der Waals surface area (Å²) in [6, 6.07) is 0. The summed E-state index contributed by atoms with van der Waals surface area (Å²) in [5, 5.41) is 8.87. The second-order valence-corrected chi connectivity index (χ2v) is 7.29. The van der Waals surface area contributed by atoms with Crippen molar-refractivity contribution in [3.8, 4) is 0 Å². The SMILES string of the molecule is CC(C)OCCS(=O)(=O)N1CCC(C(=O)O)(C(F)(F)F)C1. The van der Waals surface area contributed by atoms with Crippen LogP contribution in [0.5, 0.6) is 0 Å². The molecule has 124 valence electrons. The van der Waals surface area contributed by atoms with E-state index in [1.54, 1.807) is 13.8 Å². The number of hydrogen-bond donors (Lipinski definition) is 1. The minimum Gasteiger partial charge on any atom is -0.481 e. The molecule has 0 aromatic heterocycles. The van der Waals surface area contributed by atoms with Crippen LogP contribution in [0.3, 0.4) is 0 Å². The van der Waals surface area contributed by atoms with E-state index in [9.17, 15) is 26.4 Å². The highest BCUT2D eigenvalue weighted by atomic mass is 32.2. The van der Waals surface area contributed by atoms with Gasteiger partial charge < -0.3 is 9.84 Å². The number of ether oxygens (including phenoxy) is 1. The summed E-state index contributed by atoms with van der Waals surface area (Å²) in [6.07, 6.45) is -5.99. The number of aliphatic carboxylic acids is 1. The molecule has 0 aromatic rings. The molecule has 1 saturated heterocycles. The van der Waals surface area contributed by atoms with E-state index in [1.165, 1.54) is 0 Å². The number of rotatable bonds is 6. The van der Waals surface area contributed by atoms with E-state index < -0.39 is 52.8 Å². The molecule has 10 heteroatoms. The van der Waals surface area contributed by atoms with Crippen LogP contribution in [0, 0.1) is 5.41 Å². The third-order valence-electron chi connectivity index (χ3n) is 3.37. The first kappa shape index (κ1) is 18.2. The molecule has 0 aliphatic carbocycles. The van der Waals surface area contributed by atoms with Crippen LogP contribution in [0.2, 0.25) is 0 Å². The van der Waals surface area contributed by atoms with Gasteiger partial charge in [-0.3, -0.25) is 4.79 Å². The first-order valence-electron chi connectivity index (χ1n) is 6.32. The summed E-state index contributed by atoms with van der Waals surface area (Å²) in [5.74, 6) is -2.52. The third-order valence-corrected chi connectivity index (χ3v) is 5.15. The largest absolute Gasteiger partial charge is 0.481 e. The van der Waals surface area contributed by atoms with Crippen LogP contribution in [0.4, 0.5) is 13.2 Å². The number of alkyl halides is 3. The van der Waals surface area contributed by atoms with Crippen LogP contribution in [-0.2, 0) is 19.6 Å². The van der Waals surface area contributed by atoms with Gasteiger partial charge in [-0.15, -0.1) is 0 Å². The number of nitrogens with zero attached hydrogens (tertiary/aromatic N) is 1. The van der Waals surface area contributed by atoms with Gasteiger partial charge in [-0.25, -0.2) is 12.7 Å². The third kappa shape index (κ3) is 3.86. The van der Waals surface area contributed by atoms with E-state index in [2.05, 4.69) is 0 Å². The maximum atomic E-state index is 13.0. The molecular formula is C11H18F3NO5S. The average Bonchev–Trinajstić information content (AvgIpc) is 2.73. The molecule has 1 atom stereocenters.